The van der Waals surface area contributed by atoms with Crippen LogP contribution in [0, 0.1) is 0 Å². The zero-order valence-electron chi connectivity index (χ0n) is 7.37. The van der Waals surface area contributed by atoms with E-state index in [9.17, 15) is 4.79 Å². The number of carboxylic acid groups (broad SMARTS) is 1. The van der Waals surface area contributed by atoms with Gasteiger partial charge in [0.1, 0.15) is 0 Å². The highest BCUT2D eigenvalue weighted by molar-refractivity contribution is 8.01. The second-order valence-electron chi connectivity index (χ2n) is 3.75. The summed E-state index contributed by atoms with van der Waals surface area (Å²) >= 11 is 1.74. The average molecular weight is 211 g/mol. The van der Waals surface area contributed by atoms with Gasteiger partial charge in [-0.25, -0.2) is 4.79 Å². The van der Waals surface area contributed by atoms with E-state index in [-0.39, 0.29) is 5.76 Å². The van der Waals surface area contributed by atoms with Crippen LogP contribution in [0.25, 0.3) is 0 Å². The number of thioether (sulfide) groups is 1. The third-order valence-electron chi connectivity index (χ3n) is 2.61. The summed E-state index contributed by atoms with van der Waals surface area (Å²) in [5.41, 5.74) is 0. The number of carboxylic acids is 1. The SMILES string of the molecule is O=C(O)c1cc2c(o1)NCC1(CC1)S2. The van der Waals surface area contributed by atoms with Crippen LogP contribution < -0.4 is 5.32 Å². The number of hydrogen-bond acceptors (Lipinski definition) is 4. The van der Waals surface area contributed by atoms with E-state index in [1.165, 1.54) is 12.8 Å². The number of rotatable bonds is 1. The van der Waals surface area contributed by atoms with Gasteiger partial charge in [-0.3, -0.25) is 0 Å². The molecule has 1 aliphatic heterocycles. The number of nitrogens with one attached hydrogen (secondary N) is 1. The molecule has 0 atom stereocenters. The molecule has 1 aromatic heterocycles. The number of aromatic carboxylic acids is 1. The van der Waals surface area contributed by atoms with Gasteiger partial charge in [0, 0.05) is 17.4 Å². The van der Waals surface area contributed by atoms with Gasteiger partial charge < -0.3 is 14.8 Å². The van der Waals surface area contributed by atoms with Crippen molar-refractivity contribution >= 4 is 23.6 Å². The van der Waals surface area contributed by atoms with Crippen LogP contribution >= 0.6 is 11.8 Å². The maximum Gasteiger partial charge on any atom is 0.371 e. The zero-order valence-corrected chi connectivity index (χ0v) is 8.19. The lowest BCUT2D eigenvalue weighted by atomic mass is 10.4. The molecule has 4 nitrogen and oxygen atoms in total. The molecule has 1 aromatic rings. The quantitative estimate of drug-likeness (QED) is 0.744. The van der Waals surface area contributed by atoms with Crippen molar-refractivity contribution in [3.63, 3.8) is 0 Å². The fourth-order valence-electron chi connectivity index (χ4n) is 1.61. The first-order valence-electron chi connectivity index (χ1n) is 4.49. The normalized spacial score (nSPS) is 21.4. The Kier molecular flexibility index (Phi) is 1.45. The zero-order chi connectivity index (χ0) is 9.76. The summed E-state index contributed by atoms with van der Waals surface area (Å²) in [7, 11) is 0. The van der Waals surface area contributed by atoms with Crippen LogP contribution in [0.1, 0.15) is 23.4 Å². The highest BCUT2D eigenvalue weighted by atomic mass is 32.2. The van der Waals surface area contributed by atoms with Crippen LogP contribution in [-0.4, -0.2) is 22.4 Å². The second kappa shape index (κ2) is 2.48. The number of anilines is 1. The van der Waals surface area contributed by atoms with Gasteiger partial charge in [-0.15, -0.1) is 11.8 Å². The lowest BCUT2D eigenvalue weighted by Crippen LogP contribution is -2.21. The Bertz CT molecular complexity index is 408. The van der Waals surface area contributed by atoms with Crippen molar-refractivity contribution in [2.75, 3.05) is 11.9 Å². The molecule has 1 aliphatic carbocycles. The minimum Gasteiger partial charge on any atom is -0.475 e. The predicted molar refractivity (Wildman–Crippen MR) is 52.0 cm³/mol. The van der Waals surface area contributed by atoms with Crippen LogP contribution in [0.3, 0.4) is 0 Å². The van der Waals surface area contributed by atoms with Gasteiger partial charge in [-0.2, -0.15) is 0 Å². The van der Waals surface area contributed by atoms with E-state index in [2.05, 4.69) is 5.32 Å². The number of hydrogen-bond donors (Lipinski definition) is 2. The van der Waals surface area contributed by atoms with E-state index in [1.807, 2.05) is 0 Å². The van der Waals surface area contributed by atoms with Crippen LogP contribution in [0.4, 0.5) is 5.88 Å². The molecule has 2 N–H and O–H groups in total. The smallest absolute Gasteiger partial charge is 0.371 e. The molecule has 0 bridgehead atoms. The van der Waals surface area contributed by atoms with E-state index in [1.54, 1.807) is 17.8 Å². The Morgan fingerprint density at radius 3 is 3.07 bits per heavy atom. The summed E-state index contributed by atoms with van der Waals surface area (Å²) in [5.74, 6) is -0.371. The van der Waals surface area contributed by atoms with Gasteiger partial charge in [0.2, 0.25) is 11.6 Å². The molecule has 3 rings (SSSR count). The van der Waals surface area contributed by atoms with Crippen molar-refractivity contribution in [2.45, 2.75) is 22.5 Å². The summed E-state index contributed by atoms with van der Waals surface area (Å²) in [6.45, 7) is 0.886. The molecule has 14 heavy (non-hydrogen) atoms. The monoisotopic (exact) mass is 211 g/mol. The Labute approximate surface area is 84.7 Å². The Morgan fingerprint density at radius 1 is 1.64 bits per heavy atom. The molecule has 5 heteroatoms. The van der Waals surface area contributed by atoms with Crippen molar-refractivity contribution in [1.29, 1.82) is 0 Å². The Hall–Kier alpha value is -1.10. The third kappa shape index (κ3) is 1.12. The average Bonchev–Trinajstić information content (AvgIpc) is 2.76. The van der Waals surface area contributed by atoms with Crippen LogP contribution in [0.2, 0.25) is 0 Å². The lowest BCUT2D eigenvalue weighted by Gasteiger charge is -2.20. The molecule has 0 unspecified atom stereocenters. The van der Waals surface area contributed by atoms with E-state index < -0.39 is 5.97 Å². The molecule has 0 amide bonds. The van der Waals surface area contributed by atoms with Crippen molar-refractivity contribution < 1.29 is 14.3 Å². The summed E-state index contributed by atoms with van der Waals surface area (Å²) in [6, 6.07) is 1.61. The summed E-state index contributed by atoms with van der Waals surface area (Å²) in [4.78, 5) is 11.6. The standard InChI is InChI=1S/C9H9NO3S/c11-8(12)5-3-6-7(13-5)10-4-9(14-6)1-2-9/h3,10H,1-2,4H2,(H,11,12). The topological polar surface area (TPSA) is 62.5 Å². The lowest BCUT2D eigenvalue weighted by molar-refractivity contribution is 0.0663. The third-order valence-corrected chi connectivity index (χ3v) is 4.12. The van der Waals surface area contributed by atoms with E-state index in [0.717, 1.165) is 11.4 Å². The fourth-order valence-corrected chi connectivity index (χ4v) is 2.90. The van der Waals surface area contributed by atoms with Gasteiger partial charge in [0.15, 0.2) is 0 Å². The predicted octanol–water partition coefficient (Wildman–Crippen LogP) is 2.03. The van der Waals surface area contributed by atoms with Crippen LogP contribution in [-0.2, 0) is 0 Å². The number of furan rings is 1. The minimum atomic E-state index is -1.01. The van der Waals surface area contributed by atoms with Gasteiger partial charge >= 0.3 is 5.97 Å². The largest absolute Gasteiger partial charge is 0.475 e. The maximum atomic E-state index is 10.7. The van der Waals surface area contributed by atoms with E-state index in [0.29, 0.717) is 10.6 Å². The van der Waals surface area contributed by atoms with Crippen molar-refractivity contribution in [3.8, 4) is 0 Å². The fraction of sp³-hybridized carbons (Fsp3) is 0.444. The molecule has 2 heterocycles. The second-order valence-corrected chi connectivity index (χ2v) is 5.26. The highest BCUT2D eigenvalue weighted by Gasteiger charge is 2.47. The number of fused-ring (bicyclic) bond motifs is 1. The molecule has 74 valence electrons. The van der Waals surface area contributed by atoms with Crippen molar-refractivity contribution in [2.24, 2.45) is 0 Å². The van der Waals surface area contributed by atoms with Gasteiger partial charge in [-0.1, -0.05) is 0 Å². The molecule has 0 radical (unpaired) electrons. The van der Waals surface area contributed by atoms with Gasteiger partial charge in [0.05, 0.1) is 4.90 Å². The van der Waals surface area contributed by atoms with Gasteiger partial charge in [-0.05, 0) is 12.8 Å². The number of carbonyl (C=O) groups is 1. The summed E-state index contributed by atoms with van der Waals surface area (Å²) < 4.78 is 5.48. The highest BCUT2D eigenvalue weighted by Crippen LogP contribution is 2.56. The minimum absolute atomic E-state index is 0.0210. The Balaban J connectivity index is 1.97. The molecular weight excluding hydrogens is 202 g/mol. The molecule has 1 spiro atoms. The first kappa shape index (κ1) is 8.23. The van der Waals surface area contributed by atoms with E-state index in [4.69, 9.17) is 9.52 Å². The van der Waals surface area contributed by atoms with Crippen LogP contribution in [0.5, 0.6) is 0 Å². The molecule has 2 aliphatic rings. The van der Waals surface area contributed by atoms with Crippen molar-refractivity contribution in [1.82, 2.24) is 0 Å². The molecule has 0 aromatic carbocycles. The summed E-state index contributed by atoms with van der Waals surface area (Å²) in [6.07, 6.45) is 2.41. The van der Waals surface area contributed by atoms with Crippen LogP contribution in [0.15, 0.2) is 15.4 Å². The molecule has 1 saturated carbocycles. The summed E-state index contributed by atoms with van der Waals surface area (Å²) in [5, 5.41) is 11.9. The van der Waals surface area contributed by atoms with Crippen molar-refractivity contribution in [3.05, 3.63) is 11.8 Å². The first-order chi connectivity index (χ1) is 6.69. The Morgan fingerprint density at radius 2 is 2.43 bits per heavy atom. The maximum absolute atomic E-state index is 10.7. The molecule has 1 fully saturated rings. The molecule has 0 saturated heterocycles. The molecular formula is C9H9NO3S. The van der Waals surface area contributed by atoms with Gasteiger partial charge in [0.25, 0.3) is 0 Å². The van der Waals surface area contributed by atoms with E-state index >= 15 is 0 Å². The first-order valence-corrected chi connectivity index (χ1v) is 5.30.